The molecule has 1 amide bonds. The molecule has 0 radical (unpaired) electrons. The van der Waals surface area contributed by atoms with Crippen LogP contribution >= 0.6 is 22.9 Å². The molecule has 0 aliphatic heterocycles. The van der Waals surface area contributed by atoms with E-state index in [-0.39, 0.29) is 5.91 Å². The second-order valence-corrected chi connectivity index (χ2v) is 6.71. The maximum absolute atomic E-state index is 12.3. The SMILES string of the molecule is CCCCCCCNC(=O)c1sc2cc(OC)ccc2c1Cl. The van der Waals surface area contributed by atoms with Crippen LogP contribution in [-0.4, -0.2) is 19.6 Å². The van der Waals surface area contributed by atoms with Crippen LogP contribution in [0.15, 0.2) is 18.2 Å². The lowest BCUT2D eigenvalue weighted by Crippen LogP contribution is -2.23. The van der Waals surface area contributed by atoms with E-state index in [9.17, 15) is 4.79 Å². The lowest BCUT2D eigenvalue weighted by atomic mass is 10.1. The Labute approximate surface area is 140 Å². The van der Waals surface area contributed by atoms with Crippen molar-refractivity contribution < 1.29 is 9.53 Å². The molecule has 5 heteroatoms. The summed E-state index contributed by atoms with van der Waals surface area (Å²) in [5, 5.41) is 4.40. The van der Waals surface area contributed by atoms with E-state index in [1.807, 2.05) is 18.2 Å². The fourth-order valence-corrected chi connectivity index (χ4v) is 3.79. The lowest BCUT2D eigenvalue weighted by molar-refractivity contribution is 0.0957. The lowest BCUT2D eigenvalue weighted by Gasteiger charge is -2.03. The topological polar surface area (TPSA) is 38.3 Å². The third-order valence-corrected chi connectivity index (χ3v) is 5.26. The molecule has 0 bridgehead atoms. The molecule has 0 saturated carbocycles. The summed E-state index contributed by atoms with van der Waals surface area (Å²) in [7, 11) is 1.63. The van der Waals surface area contributed by atoms with E-state index < -0.39 is 0 Å². The van der Waals surface area contributed by atoms with Crippen molar-refractivity contribution in [2.24, 2.45) is 0 Å². The molecule has 1 aromatic heterocycles. The molecule has 2 aromatic rings. The van der Waals surface area contributed by atoms with Gasteiger partial charge in [-0.05, 0) is 24.6 Å². The van der Waals surface area contributed by atoms with Crippen LogP contribution in [0.5, 0.6) is 5.75 Å². The molecule has 0 aliphatic carbocycles. The summed E-state index contributed by atoms with van der Waals surface area (Å²) >= 11 is 7.75. The highest BCUT2D eigenvalue weighted by molar-refractivity contribution is 7.21. The molecular formula is C17H22ClNO2S. The van der Waals surface area contributed by atoms with Gasteiger partial charge in [0.15, 0.2) is 0 Å². The van der Waals surface area contributed by atoms with Crippen LogP contribution in [0, 0.1) is 0 Å². The average molecular weight is 340 g/mol. The molecule has 0 atom stereocenters. The zero-order valence-corrected chi connectivity index (χ0v) is 14.6. The van der Waals surface area contributed by atoms with Crippen molar-refractivity contribution >= 4 is 38.9 Å². The van der Waals surface area contributed by atoms with Gasteiger partial charge in [-0.1, -0.05) is 44.2 Å². The molecule has 0 fully saturated rings. The third-order valence-electron chi connectivity index (χ3n) is 3.61. The summed E-state index contributed by atoms with van der Waals surface area (Å²) in [5.41, 5.74) is 0. The number of nitrogens with one attached hydrogen (secondary N) is 1. The molecule has 22 heavy (non-hydrogen) atoms. The van der Waals surface area contributed by atoms with Gasteiger partial charge in [-0.2, -0.15) is 0 Å². The monoisotopic (exact) mass is 339 g/mol. The highest BCUT2D eigenvalue weighted by Crippen LogP contribution is 2.37. The van der Waals surface area contributed by atoms with Crippen molar-refractivity contribution in [3.8, 4) is 5.75 Å². The number of carbonyl (C=O) groups excluding carboxylic acids is 1. The van der Waals surface area contributed by atoms with Gasteiger partial charge >= 0.3 is 0 Å². The maximum Gasteiger partial charge on any atom is 0.262 e. The van der Waals surface area contributed by atoms with Crippen molar-refractivity contribution in [3.63, 3.8) is 0 Å². The van der Waals surface area contributed by atoms with Crippen molar-refractivity contribution in [2.45, 2.75) is 39.0 Å². The number of methoxy groups -OCH3 is 1. The van der Waals surface area contributed by atoms with Crippen molar-refractivity contribution in [3.05, 3.63) is 28.1 Å². The average Bonchev–Trinajstić information content (AvgIpc) is 2.87. The Hall–Kier alpha value is -1.26. The number of halogens is 1. The van der Waals surface area contributed by atoms with Crippen LogP contribution < -0.4 is 10.1 Å². The fourth-order valence-electron chi connectivity index (χ4n) is 2.33. The van der Waals surface area contributed by atoms with E-state index in [1.165, 1.54) is 30.6 Å². The van der Waals surface area contributed by atoms with Crippen molar-refractivity contribution in [1.82, 2.24) is 5.32 Å². The van der Waals surface area contributed by atoms with Gasteiger partial charge in [0.1, 0.15) is 10.6 Å². The molecule has 0 spiro atoms. The van der Waals surface area contributed by atoms with Gasteiger partial charge < -0.3 is 10.1 Å². The van der Waals surface area contributed by atoms with Crippen LogP contribution in [0.3, 0.4) is 0 Å². The largest absolute Gasteiger partial charge is 0.497 e. The molecule has 0 aliphatic rings. The molecule has 2 rings (SSSR count). The van der Waals surface area contributed by atoms with E-state index in [2.05, 4.69) is 12.2 Å². The van der Waals surface area contributed by atoms with Gasteiger partial charge in [0.05, 0.1) is 12.1 Å². The number of unbranched alkanes of at least 4 members (excludes halogenated alkanes) is 4. The molecule has 0 saturated heterocycles. The van der Waals surface area contributed by atoms with Gasteiger partial charge in [-0.3, -0.25) is 4.79 Å². The third kappa shape index (κ3) is 4.14. The number of fused-ring (bicyclic) bond motifs is 1. The first-order valence-corrected chi connectivity index (χ1v) is 8.91. The normalized spacial score (nSPS) is 10.9. The second-order valence-electron chi connectivity index (χ2n) is 5.28. The molecule has 1 aromatic carbocycles. The minimum Gasteiger partial charge on any atom is -0.497 e. The van der Waals surface area contributed by atoms with Crippen LogP contribution in [0.2, 0.25) is 5.02 Å². The van der Waals surface area contributed by atoms with E-state index in [0.717, 1.165) is 28.7 Å². The first-order valence-electron chi connectivity index (χ1n) is 7.71. The summed E-state index contributed by atoms with van der Waals surface area (Å²) in [5.74, 6) is 0.689. The van der Waals surface area contributed by atoms with Gasteiger partial charge in [-0.15, -0.1) is 11.3 Å². The molecular weight excluding hydrogens is 318 g/mol. The van der Waals surface area contributed by atoms with Crippen LogP contribution in [-0.2, 0) is 0 Å². The van der Waals surface area contributed by atoms with E-state index in [4.69, 9.17) is 16.3 Å². The van der Waals surface area contributed by atoms with E-state index in [1.54, 1.807) is 7.11 Å². The summed E-state index contributed by atoms with van der Waals surface area (Å²) in [6.07, 6.45) is 5.90. The first-order chi connectivity index (χ1) is 10.7. The van der Waals surface area contributed by atoms with Gasteiger partial charge in [0, 0.05) is 16.6 Å². The summed E-state index contributed by atoms with van der Waals surface area (Å²) in [6, 6.07) is 5.66. The number of rotatable bonds is 8. The second kappa shape index (κ2) is 8.39. The minimum absolute atomic E-state index is 0.0827. The van der Waals surface area contributed by atoms with E-state index in [0.29, 0.717) is 16.4 Å². The molecule has 0 unspecified atom stereocenters. The first kappa shape index (κ1) is 17.1. The smallest absolute Gasteiger partial charge is 0.262 e. The van der Waals surface area contributed by atoms with Gasteiger partial charge in [0.25, 0.3) is 5.91 Å². The van der Waals surface area contributed by atoms with Crippen molar-refractivity contribution in [2.75, 3.05) is 13.7 Å². The Kier molecular flexibility index (Phi) is 6.52. The number of hydrogen-bond donors (Lipinski definition) is 1. The molecule has 3 nitrogen and oxygen atoms in total. The Bertz CT molecular complexity index is 639. The Morgan fingerprint density at radius 1 is 1.27 bits per heavy atom. The number of hydrogen-bond acceptors (Lipinski definition) is 3. The number of ether oxygens (including phenoxy) is 1. The van der Waals surface area contributed by atoms with Gasteiger partial charge in [0.2, 0.25) is 0 Å². The zero-order valence-electron chi connectivity index (χ0n) is 13.1. The predicted octanol–water partition coefficient (Wildman–Crippen LogP) is 5.26. The van der Waals surface area contributed by atoms with Crippen LogP contribution in [0.4, 0.5) is 0 Å². The Morgan fingerprint density at radius 2 is 2.05 bits per heavy atom. The zero-order chi connectivity index (χ0) is 15.9. The maximum atomic E-state index is 12.3. The van der Waals surface area contributed by atoms with Crippen LogP contribution in [0.25, 0.3) is 10.1 Å². The summed E-state index contributed by atoms with van der Waals surface area (Å²) < 4.78 is 6.18. The van der Waals surface area contributed by atoms with Crippen molar-refractivity contribution in [1.29, 1.82) is 0 Å². The highest BCUT2D eigenvalue weighted by atomic mass is 35.5. The standard InChI is InChI=1S/C17H22ClNO2S/c1-3-4-5-6-7-10-19-17(20)16-15(18)13-9-8-12(21-2)11-14(13)22-16/h8-9,11H,3-7,10H2,1-2H3,(H,19,20). The van der Waals surface area contributed by atoms with E-state index >= 15 is 0 Å². The molecule has 1 N–H and O–H groups in total. The number of benzene rings is 1. The molecule has 120 valence electrons. The number of carbonyl (C=O) groups is 1. The number of amides is 1. The summed E-state index contributed by atoms with van der Waals surface area (Å²) in [6.45, 7) is 2.90. The quantitative estimate of drug-likeness (QED) is 0.666. The predicted molar refractivity (Wildman–Crippen MR) is 94.5 cm³/mol. The highest BCUT2D eigenvalue weighted by Gasteiger charge is 2.17. The summed E-state index contributed by atoms with van der Waals surface area (Å²) in [4.78, 5) is 12.8. The number of thiophene rings is 1. The Morgan fingerprint density at radius 3 is 2.77 bits per heavy atom. The minimum atomic E-state index is -0.0827. The van der Waals surface area contributed by atoms with Crippen LogP contribution in [0.1, 0.15) is 48.7 Å². The fraction of sp³-hybridized carbons (Fsp3) is 0.471. The molecule has 1 heterocycles. The van der Waals surface area contributed by atoms with Gasteiger partial charge in [-0.25, -0.2) is 0 Å². The Balaban J connectivity index is 1.97.